The summed E-state index contributed by atoms with van der Waals surface area (Å²) in [7, 11) is 0. The summed E-state index contributed by atoms with van der Waals surface area (Å²) in [6, 6.07) is 17.8. The molecule has 0 amide bonds. The summed E-state index contributed by atoms with van der Waals surface area (Å²) in [5, 5.41) is 21.7. The molecule has 0 aromatic heterocycles. The molecule has 0 fully saturated rings. The summed E-state index contributed by atoms with van der Waals surface area (Å²) in [5.74, 6) is 0.727. The van der Waals surface area contributed by atoms with Crippen LogP contribution in [0.2, 0.25) is 0 Å². The van der Waals surface area contributed by atoms with Crippen LogP contribution in [0.5, 0.6) is 0 Å². The van der Waals surface area contributed by atoms with Crippen LogP contribution in [0, 0.1) is 12.1 Å². The fourth-order valence-corrected chi connectivity index (χ4v) is 4.27. The van der Waals surface area contributed by atoms with Gasteiger partial charge in [0.2, 0.25) is 0 Å². The van der Waals surface area contributed by atoms with Gasteiger partial charge in [-0.2, -0.15) is 0 Å². The van der Waals surface area contributed by atoms with E-state index in [4.69, 9.17) is 4.74 Å². The van der Waals surface area contributed by atoms with E-state index in [2.05, 4.69) is 22.8 Å². The van der Waals surface area contributed by atoms with Crippen LogP contribution in [0.1, 0.15) is 16.7 Å². The molecule has 29 heavy (non-hydrogen) atoms. The first-order valence-electron chi connectivity index (χ1n) is 9.82. The number of hydroxylamine groups is 2. The summed E-state index contributed by atoms with van der Waals surface area (Å²) >= 11 is 1.58. The molecule has 0 spiro atoms. The Kier molecular flexibility index (Phi) is 6.13. The van der Waals surface area contributed by atoms with Gasteiger partial charge in [0.15, 0.2) is 11.3 Å². The van der Waals surface area contributed by atoms with Crippen molar-refractivity contribution in [2.24, 2.45) is 0 Å². The van der Waals surface area contributed by atoms with Crippen molar-refractivity contribution in [2.75, 3.05) is 19.5 Å². The van der Waals surface area contributed by atoms with Crippen LogP contribution in [-0.4, -0.2) is 36.0 Å². The monoisotopic (exact) mass is 408 g/mol. The molecule has 0 bridgehead atoms. The van der Waals surface area contributed by atoms with E-state index < -0.39 is 0 Å². The van der Waals surface area contributed by atoms with Gasteiger partial charge in [-0.1, -0.05) is 54.6 Å². The molecule has 2 aromatic carbocycles. The second-order valence-electron chi connectivity index (χ2n) is 7.25. The molecular formula is C23H26N3O2S-. The van der Waals surface area contributed by atoms with Gasteiger partial charge >= 0.3 is 0 Å². The van der Waals surface area contributed by atoms with Crippen molar-refractivity contribution in [1.82, 2.24) is 15.7 Å². The highest BCUT2D eigenvalue weighted by Crippen LogP contribution is 2.34. The van der Waals surface area contributed by atoms with Crippen molar-refractivity contribution in [3.05, 3.63) is 94.0 Å². The van der Waals surface area contributed by atoms with Gasteiger partial charge in [0.1, 0.15) is 0 Å². The minimum Gasteiger partial charge on any atom is -0.758 e. The molecule has 2 aliphatic heterocycles. The third-order valence-corrected chi connectivity index (χ3v) is 6.05. The molecule has 2 aliphatic rings. The molecular weight excluding hydrogens is 382 g/mol. The third kappa shape index (κ3) is 4.29. The third-order valence-electron chi connectivity index (χ3n) is 5.36. The van der Waals surface area contributed by atoms with Crippen LogP contribution in [-0.2, 0) is 11.2 Å². The smallest absolute Gasteiger partial charge is 0.191 e. The second kappa shape index (κ2) is 8.95. The zero-order valence-corrected chi connectivity index (χ0v) is 17.5. The molecule has 2 heterocycles. The largest absolute Gasteiger partial charge is 0.758 e. The quantitative estimate of drug-likeness (QED) is 0.802. The van der Waals surface area contributed by atoms with Crippen LogP contribution in [0.15, 0.2) is 72.1 Å². The van der Waals surface area contributed by atoms with Crippen molar-refractivity contribution in [1.29, 1.82) is 0 Å². The van der Waals surface area contributed by atoms with Crippen molar-refractivity contribution in [2.45, 2.75) is 24.8 Å². The van der Waals surface area contributed by atoms with Gasteiger partial charge < -0.3 is 20.3 Å². The number of benzene rings is 2. The number of thioether (sulfide) groups is 1. The Morgan fingerprint density at radius 1 is 1.14 bits per heavy atom. The molecule has 2 aromatic rings. The minimum absolute atomic E-state index is 0.241. The fraction of sp³-hybridized carbons (Fsp3) is 0.304. The molecule has 0 radical (unpaired) electrons. The van der Waals surface area contributed by atoms with E-state index in [9.17, 15) is 5.21 Å². The molecule has 2 unspecified atom stereocenters. The fourth-order valence-electron chi connectivity index (χ4n) is 3.81. The Hall–Kier alpha value is -2.41. The molecule has 0 saturated heterocycles. The molecule has 2 N–H and O–H groups in total. The lowest BCUT2D eigenvalue weighted by molar-refractivity contribution is 0.174. The summed E-state index contributed by atoms with van der Waals surface area (Å²) in [5.41, 5.74) is 4.54. The summed E-state index contributed by atoms with van der Waals surface area (Å²) < 4.78 is 6.30. The van der Waals surface area contributed by atoms with Crippen LogP contribution in [0.4, 0.5) is 0 Å². The maximum absolute atomic E-state index is 13.9. The van der Waals surface area contributed by atoms with E-state index in [1.54, 1.807) is 11.8 Å². The standard InChI is InChI=1S/C23H26N3O2S/c1-16-8-6-7-11-18(16)21-13-22(29-2)28-23-19(14-24-15-25-23)20(26(21)27)12-17-9-4-3-5-10-17/h3-11,13,20,22,24-25H,12,14-15H2,1-2H3/q-1/b21-13-. The predicted octanol–water partition coefficient (Wildman–Crippen LogP) is 3.83. The first-order valence-corrected chi connectivity index (χ1v) is 11.1. The number of rotatable bonds is 4. The Bertz CT molecular complexity index is 913. The van der Waals surface area contributed by atoms with Gasteiger partial charge in [0, 0.05) is 23.9 Å². The summed E-state index contributed by atoms with van der Waals surface area (Å²) in [6.07, 6.45) is 4.56. The average molecular weight is 409 g/mol. The Labute approximate surface area is 176 Å². The molecule has 0 aliphatic carbocycles. The Morgan fingerprint density at radius 3 is 2.66 bits per heavy atom. The highest BCUT2D eigenvalue weighted by atomic mass is 32.2. The number of hydrogen-bond donors (Lipinski definition) is 2. The normalized spacial score (nSPS) is 23.8. The first-order chi connectivity index (χ1) is 14.2. The van der Waals surface area contributed by atoms with Crippen LogP contribution in [0.25, 0.3) is 5.70 Å². The van der Waals surface area contributed by atoms with Crippen molar-refractivity contribution in [3.63, 3.8) is 0 Å². The number of ether oxygens (including phenoxy) is 1. The van der Waals surface area contributed by atoms with Crippen molar-refractivity contribution >= 4 is 17.5 Å². The number of hydrogen-bond acceptors (Lipinski definition) is 6. The van der Waals surface area contributed by atoms with Crippen LogP contribution >= 0.6 is 11.8 Å². The van der Waals surface area contributed by atoms with Gasteiger partial charge in [-0.25, -0.2) is 0 Å². The average Bonchev–Trinajstić information content (AvgIpc) is 2.75. The van der Waals surface area contributed by atoms with Gasteiger partial charge in [-0.05, 0) is 42.4 Å². The van der Waals surface area contributed by atoms with Crippen molar-refractivity contribution in [3.8, 4) is 0 Å². The van der Waals surface area contributed by atoms with Crippen LogP contribution in [0.3, 0.4) is 0 Å². The number of nitrogens with one attached hydrogen (secondary N) is 2. The van der Waals surface area contributed by atoms with E-state index in [-0.39, 0.29) is 11.5 Å². The number of nitrogens with zero attached hydrogens (tertiary/aromatic N) is 1. The lowest BCUT2D eigenvalue weighted by Gasteiger charge is -2.46. The maximum Gasteiger partial charge on any atom is 0.191 e. The van der Waals surface area contributed by atoms with E-state index in [1.165, 1.54) is 5.06 Å². The summed E-state index contributed by atoms with van der Waals surface area (Å²) in [4.78, 5) is 0. The van der Waals surface area contributed by atoms with Crippen LogP contribution < -0.4 is 10.6 Å². The Morgan fingerprint density at radius 2 is 1.90 bits per heavy atom. The van der Waals surface area contributed by atoms with E-state index in [1.807, 2.05) is 61.7 Å². The predicted molar refractivity (Wildman–Crippen MR) is 120 cm³/mol. The molecule has 152 valence electrons. The van der Waals surface area contributed by atoms with Gasteiger partial charge in [-0.15, -0.1) is 11.8 Å². The molecule has 2 atom stereocenters. The SMILES string of the molecule is CSC1/C=C(/c2ccccc2C)N([O-])C(Cc2ccccc2)C2=C(NCNC2)O1. The highest BCUT2D eigenvalue weighted by molar-refractivity contribution is 7.99. The topological polar surface area (TPSA) is 59.6 Å². The molecule has 0 saturated carbocycles. The Balaban J connectivity index is 1.80. The van der Waals surface area contributed by atoms with Gasteiger partial charge in [0.25, 0.3) is 0 Å². The minimum atomic E-state index is -0.360. The molecule has 4 rings (SSSR count). The second-order valence-corrected chi connectivity index (χ2v) is 8.19. The number of aryl methyl sites for hydroxylation is 1. The first kappa shape index (κ1) is 19.9. The van der Waals surface area contributed by atoms with E-state index in [0.29, 0.717) is 25.3 Å². The molecule has 5 nitrogen and oxygen atoms in total. The van der Waals surface area contributed by atoms with E-state index >= 15 is 0 Å². The van der Waals surface area contributed by atoms with Gasteiger partial charge in [-0.3, -0.25) is 5.32 Å². The molecule has 6 heteroatoms. The zero-order valence-electron chi connectivity index (χ0n) is 16.7. The van der Waals surface area contributed by atoms with E-state index in [0.717, 1.165) is 28.1 Å². The van der Waals surface area contributed by atoms with Gasteiger partial charge in [0.05, 0.1) is 6.67 Å². The maximum atomic E-state index is 13.9. The zero-order chi connectivity index (χ0) is 20.2. The summed E-state index contributed by atoms with van der Waals surface area (Å²) in [6.45, 7) is 3.30. The lowest BCUT2D eigenvalue weighted by Crippen LogP contribution is -2.46. The highest BCUT2D eigenvalue weighted by Gasteiger charge is 2.29. The lowest BCUT2D eigenvalue weighted by atomic mass is 9.95. The van der Waals surface area contributed by atoms with Crippen molar-refractivity contribution < 1.29 is 4.74 Å².